The van der Waals surface area contributed by atoms with E-state index in [4.69, 9.17) is 23.2 Å². The van der Waals surface area contributed by atoms with Gasteiger partial charge in [-0.15, -0.1) is 0 Å². The molecule has 1 aromatic carbocycles. The molecule has 0 saturated carbocycles. The summed E-state index contributed by atoms with van der Waals surface area (Å²) in [4.78, 5) is 11.4. The Morgan fingerprint density at radius 3 is 2.81 bits per heavy atom. The minimum absolute atomic E-state index is 0.0349. The van der Waals surface area contributed by atoms with Gasteiger partial charge in [0, 0.05) is 35.6 Å². The molecule has 1 aromatic rings. The monoisotopic (exact) mass is 258 g/mol. The number of benzene rings is 1. The van der Waals surface area contributed by atoms with E-state index in [0.29, 0.717) is 23.0 Å². The fraction of sp³-hybridized carbons (Fsp3) is 0.364. The third-order valence-corrected chi connectivity index (χ3v) is 3.13. The number of carbonyl (C=O) groups excluding carboxylic acids is 1. The zero-order valence-corrected chi connectivity index (χ0v) is 10.1. The SMILES string of the molecule is O=C1CC(c2ccc(Cl)cc2Cl)NCCN1. The summed E-state index contributed by atoms with van der Waals surface area (Å²) in [5.74, 6) is 0.0426. The summed E-state index contributed by atoms with van der Waals surface area (Å²) in [6.45, 7) is 1.40. The van der Waals surface area contributed by atoms with Gasteiger partial charge in [-0.2, -0.15) is 0 Å². The van der Waals surface area contributed by atoms with Crippen molar-refractivity contribution in [3.05, 3.63) is 33.8 Å². The number of hydrogen-bond acceptors (Lipinski definition) is 2. The quantitative estimate of drug-likeness (QED) is 0.811. The van der Waals surface area contributed by atoms with Crippen LogP contribution in [0.1, 0.15) is 18.0 Å². The van der Waals surface area contributed by atoms with Crippen molar-refractivity contribution in [2.75, 3.05) is 13.1 Å². The highest BCUT2D eigenvalue weighted by Crippen LogP contribution is 2.28. The minimum Gasteiger partial charge on any atom is -0.355 e. The minimum atomic E-state index is -0.0349. The van der Waals surface area contributed by atoms with E-state index in [0.717, 1.165) is 12.1 Å². The lowest BCUT2D eigenvalue weighted by molar-refractivity contribution is -0.121. The van der Waals surface area contributed by atoms with Gasteiger partial charge in [-0.3, -0.25) is 4.79 Å². The van der Waals surface area contributed by atoms with Crippen LogP contribution < -0.4 is 10.6 Å². The molecule has 0 spiro atoms. The average Bonchev–Trinajstić information content (AvgIpc) is 2.43. The summed E-state index contributed by atoms with van der Waals surface area (Å²) < 4.78 is 0. The number of amides is 1. The molecule has 2 rings (SSSR count). The molecule has 0 aromatic heterocycles. The van der Waals surface area contributed by atoms with Gasteiger partial charge in [0.15, 0.2) is 0 Å². The van der Waals surface area contributed by atoms with E-state index in [9.17, 15) is 4.79 Å². The second-order valence-electron chi connectivity index (χ2n) is 3.73. The maximum Gasteiger partial charge on any atom is 0.221 e. The Morgan fingerprint density at radius 1 is 1.25 bits per heavy atom. The Hall–Kier alpha value is -0.770. The summed E-state index contributed by atoms with van der Waals surface area (Å²) in [7, 11) is 0. The lowest BCUT2D eigenvalue weighted by Crippen LogP contribution is -2.24. The third kappa shape index (κ3) is 2.67. The van der Waals surface area contributed by atoms with E-state index in [2.05, 4.69) is 10.6 Å². The van der Waals surface area contributed by atoms with Crippen LogP contribution in [0.4, 0.5) is 0 Å². The second kappa shape index (κ2) is 5.04. The number of nitrogens with one attached hydrogen (secondary N) is 2. The number of rotatable bonds is 1. The standard InChI is InChI=1S/C11H12Cl2N2O/c12-7-1-2-8(9(13)5-7)10-6-11(16)15-4-3-14-10/h1-2,5,10,14H,3-4,6H2,(H,15,16). The molecule has 1 aliphatic rings. The smallest absolute Gasteiger partial charge is 0.221 e. The van der Waals surface area contributed by atoms with Gasteiger partial charge >= 0.3 is 0 Å². The molecule has 0 bridgehead atoms. The molecule has 1 amide bonds. The summed E-state index contributed by atoms with van der Waals surface area (Å²) in [6, 6.07) is 5.31. The van der Waals surface area contributed by atoms with Gasteiger partial charge in [-0.25, -0.2) is 0 Å². The van der Waals surface area contributed by atoms with Crippen molar-refractivity contribution in [2.45, 2.75) is 12.5 Å². The van der Waals surface area contributed by atoms with Crippen LogP contribution in [0.25, 0.3) is 0 Å². The summed E-state index contributed by atoms with van der Waals surface area (Å²) in [5, 5.41) is 7.28. The van der Waals surface area contributed by atoms with Gasteiger partial charge in [-0.1, -0.05) is 29.3 Å². The Labute approximate surface area is 104 Å². The first-order valence-corrected chi connectivity index (χ1v) is 5.87. The van der Waals surface area contributed by atoms with Crippen LogP contribution in [-0.4, -0.2) is 19.0 Å². The Kier molecular flexibility index (Phi) is 3.69. The molecule has 1 heterocycles. The zero-order valence-electron chi connectivity index (χ0n) is 8.59. The van der Waals surface area contributed by atoms with Gasteiger partial charge in [0.1, 0.15) is 0 Å². The number of carbonyl (C=O) groups is 1. The van der Waals surface area contributed by atoms with Crippen molar-refractivity contribution in [1.82, 2.24) is 10.6 Å². The molecule has 0 radical (unpaired) electrons. The highest BCUT2D eigenvalue weighted by atomic mass is 35.5. The third-order valence-electron chi connectivity index (χ3n) is 2.57. The van der Waals surface area contributed by atoms with Crippen LogP contribution in [0.3, 0.4) is 0 Å². The van der Waals surface area contributed by atoms with Crippen molar-refractivity contribution in [3.8, 4) is 0 Å². The molecule has 86 valence electrons. The highest BCUT2D eigenvalue weighted by Gasteiger charge is 2.20. The first kappa shape index (κ1) is 11.7. The van der Waals surface area contributed by atoms with Gasteiger partial charge in [0.05, 0.1) is 0 Å². The lowest BCUT2D eigenvalue weighted by Gasteiger charge is -2.16. The molecule has 16 heavy (non-hydrogen) atoms. The van der Waals surface area contributed by atoms with E-state index in [1.54, 1.807) is 12.1 Å². The second-order valence-corrected chi connectivity index (χ2v) is 4.57. The molecule has 1 fully saturated rings. The van der Waals surface area contributed by atoms with E-state index in [1.165, 1.54) is 0 Å². The largest absolute Gasteiger partial charge is 0.355 e. The normalized spacial score (nSPS) is 21.4. The maximum atomic E-state index is 11.4. The van der Waals surface area contributed by atoms with Crippen molar-refractivity contribution >= 4 is 29.1 Å². The fourth-order valence-corrected chi connectivity index (χ4v) is 2.32. The summed E-state index contributed by atoms with van der Waals surface area (Å²) in [6.07, 6.45) is 0.404. The molecule has 3 nitrogen and oxygen atoms in total. The zero-order chi connectivity index (χ0) is 11.5. The average molecular weight is 259 g/mol. The Morgan fingerprint density at radius 2 is 2.06 bits per heavy atom. The van der Waals surface area contributed by atoms with Gasteiger partial charge < -0.3 is 10.6 Å². The first-order valence-electron chi connectivity index (χ1n) is 5.12. The van der Waals surface area contributed by atoms with Gasteiger partial charge in [0.2, 0.25) is 5.91 Å². The number of hydrogen-bond donors (Lipinski definition) is 2. The molecular formula is C11H12Cl2N2O. The summed E-state index contributed by atoms with van der Waals surface area (Å²) in [5.41, 5.74) is 0.920. The van der Waals surface area contributed by atoms with Crippen molar-refractivity contribution in [1.29, 1.82) is 0 Å². The van der Waals surface area contributed by atoms with Crippen molar-refractivity contribution in [3.63, 3.8) is 0 Å². The van der Waals surface area contributed by atoms with Gasteiger partial charge in [-0.05, 0) is 17.7 Å². The summed E-state index contributed by atoms with van der Waals surface area (Å²) >= 11 is 11.9. The van der Waals surface area contributed by atoms with Crippen LogP contribution in [0.5, 0.6) is 0 Å². The Balaban J connectivity index is 2.24. The molecule has 0 aliphatic carbocycles. The fourth-order valence-electron chi connectivity index (χ4n) is 1.78. The predicted octanol–water partition coefficient (Wildman–Crippen LogP) is 2.14. The van der Waals surface area contributed by atoms with E-state index in [-0.39, 0.29) is 11.9 Å². The van der Waals surface area contributed by atoms with Gasteiger partial charge in [0.25, 0.3) is 0 Å². The van der Waals surface area contributed by atoms with Crippen molar-refractivity contribution in [2.24, 2.45) is 0 Å². The number of halogens is 2. The van der Waals surface area contributed by atoms with Crippen molar-refractivity contribution < 1.29 is 4.79 Å². The molecule has 5 heteroatoms. The van der Waals surface area contributed by atoms with Crippen LogP contribution in [0, 0.1) is 0 Å². The molecule has 1 saturated heterocycles. The molecule has 1 aliphatic heterocycles. The molecular weight excluding hydrogens is 247 g/mol. The van der Waals surface area contributed by atoms with Crippen LogP contribution in [0.15, 0.2) is 18.2 Å². The van der Waals surface area contributed by atoms with E-state index >= 15 is 0 Å². The maximum absolute atomic E-state index is 11.4. The van der Waals surface area contributed by atoms with Crippen LogP contribution in [0.2, 0.25) is 10.0 Å². The molecule has 1 atom stereocenters. The first-order chi connectivity index (χ1) is 7.66. The van der Waals surface area contributed by atoms with E-state index in [1.807, 2.05) is 6.07 Å². The molecule has 2 N–H and O–H groups in total. The van der Waals surface area contributed by atoms with Crippen LogP contribution in [-0.2, 0) is 4.79 Å². The lowest BCUT2D eigenvalue weighted by atomic mass is 10.0. The molecule has 1 unspecified atom stereocenters. The van der Waals surface area contributed by atoms with Crippen LogP contribution >= 0.6 is 23.2 Å². The topological polar surface area (TPSA) is 41.1 Å². The Bertz CT molecular complexity index is 409. The highest BCUT2D eigenvalue weighted by molar-refractivity contribution is 6.35. The van der Waals surface area contributed by atoms with E-state index < -0.39 is 0 Å². The predicted molar refractivity (Wildman–Crippen MR) is 64.8 cm³/mol.